The molecule has 1 aromatic carbocycles. The maximum Gasteiger partial charge on any atom is 0.0602 e. The Kier molecular flexibility index (Phi) is 2.88. The van der Waals surface area contributed by atoms with Gasteiger partial charge in [-0.1, -0.05) is 49.2 Å². The minimum Gasteiger partial charge on any atom is -0.320 e. The van der Waals surface area contributed by atoms with Gasteiger partial charge in [-0.3, -0.25) is 4.98 Å². The van der Waals surface area contributed by atoms with Gasteiger partial charge in [-0.15, -0.1) is 0 Å². The lowest BCUT2D eigenvalue weighted by atomic mass is 9.93. The van der Waals surface area contributed by atoms with Crippen molar-refractivity contribution in [1.29, 1.82) is 0 Å². The molecule has 18 heavy (non-hydrogen) atoms. The van der Waals surface area contributed by atoms with E-state index in [1.165, 1.54) is 18.4 Å². The van der Waals surface area contributed by atoms with Gasteiger partial charge in [0.2, 0.25) is 0 Å². The molecule has 3 rings (SSSR count). The van der Waals surface area contributed by atoms with E-state index >= 15 is 0 Å². The molecule has 92 valence electrons. The van der Waals surface area contributed by atoms with Crippen LogP contribution < -0.4 is 5.73 Å². The molecule has 0 saturated heterocycles. The van der Waals surface area contributed by atoms with Crippen LogP contribution in [0.2, 0.25) is 0 Å². The van der Waals surface area contributed by atoms with E-state index in [9.17, 15) is 0 Å². The minimum atomic E-state index is -0.185. The summed E-state index contributed by atoms with van der Waals surface area (Å²) in [6, 6.07) is 14.5. The molecular weight excluding hydrogens is 220 g/mol. The first kappa shape index (κ1) is 11.4. The van der Waals surface area contributed by atoms with Gasteiger partial charge in [0.15, 0.2) is 0 Å². The van der Waals surface area contributed by atoms with E-state index < -0.39 is 0 Å². The standard InChI is InChI=1S/C16H18N2/c17-16(10-4-5-11-16)15-9-8-14(12-18-15)13-6-2-1-3-7-13/h1-3,6-9,12H,4-5,10-11,17H2. The smallest absolute Gasteiger partial charge is 0.0602 e. The van der Waals surface area contributed by atoms with Crippen LogP contribution in [0.5, 0.6) is 0 Å². The number of benzene rings is 1. The van der Waals surface area contributed by atoms with Gasteiger partial charge in [-0.05, 0) is 24.5 Å². The van der Waals surface area contributed by atoms with Gasteiger partial charge >= 0.3 is 0 Å². The predicted octanol–water partition coefficient (Wildman–Crippen LogP) is 3.48. The molecule has 0 atom stereocenters. The highest BCUT2D eigenvalue weighted by Crippen LogP contribution is 2.35. The molecule has 1 saturated carbocycles. The van der Waals surface area contributed by atoms with Crippen molar-refractivity contribution in [2.24, 2.45) is 5.73 Å². The van der Waals surface area contributed by atoms with E-state index in [0.717, 1.165) is 24.1 Å². The lowest BCUT2D eigenvalue weighted by Gasteiger charge is -2.22. The number of rotatable bonds is 2. The molecule has 2 heteroatoms. The monoisotopic (exact) mass is 238 g/mol. The molecule has 2 aromatic rings. The maximum absolute atomic E-state index is 6.41. The maximum atomic E-state index is 6.41. The molecule has 2 N–H and O–H groups in total. The van der Waals surface area contributed by atoms with Gasteiger partial charge < -0.3 is 5.73 Å². The summed E-state index contributed by atoms with van der Waals surface area (Å²) in [7, 11) is 0. The Morgan fingerprint density at radius 3 is 2.22 bits per heavy atom. The summed E-state index contributed by atoms with van der Waals surface area (Å²) < 4.78 is 0. The fourth-order valence-corrected chi connectivity index (χ4v) is 2.75. The van der Waals surface area contributed by atoms with Crippen LogP contribution in [0, 0.1) is 0 Å². The summed E-state index contributed by atoms with van der Waals surface area (Å²) >= 11 is 0. The quantitative estimate of drug-likeness (QED) is 0.870. The number of hydrogen-bond acceptors (Lipinski definition) is 2. The molecular formula is C16H18N2. The van der Waals surface area contributed by atoms with Crippen LogP contribution in [0.15, 0.2) is 48.7 Å². The Bertz CT molecular complexity index is 511. The highest BCUT2D eigenvalue weighted by molar-refractivity contribution is 5.62. The molecule has 1 fully saturated rings. The zero-order valence-corrected chi connectivity index (χ0v) is 10.5. The zero-order valence-electron chi connectivity index (χ0n) is 10.5. The first-order valence-electron chi connectivity index (χ1n) is 6.59. The molecule has 0 amide bonds. The SMILES string of the molecule is NC1(c2ccc(-c3ccccc3)cn2)CCCC1. The van der Waals surface area contributed by atoms with Crippen LogP contribution in [0.4, 0.5) is 0 Å². The Labute approximate surface area is 108 Å². The average molecular weight is 238 g/mol. The van der Waals surface area contributed by atoms with Gasteiger partial charge in [0.1, 0.15) is 0 Å². The van der Waals surface area contributed by atoms with E-state index in [0.29, 0.717) is 0 Å². The van der Waals surface area contributed by atoms with Crippen LogP contribution in [-0.2, 0) is 5.54 Å². The third-order valence-corrected chi connectivity index (χ3v) is 3.88. The zero-order chi connectivity index (χ0) is 12.4. The first-order chi connectivity index (χ1) is 8.78. The number of nitrogens with two attached hydrogens (primary N) is 1. The molecule has 0 aliphatic heterocycles. The summed E-state index contributed by atoms with van der Waals surface area (Å²) in [5.74, 6) is 0. The van der Waals surface area contributed by atoms with Gasteiger partial charge in [-0.2, -0.15) is 0 Å². The number of nitrogens with zero attached hydrogens (tertiary/aromatic N) is 1. The Hall–Kier alpha value is -1.67. The molecule has 0 spiro atoms. The second kappa shape index (κ2) is 4.54. The van der Waals surface area contributed by atoms with E-state index in [-0.39, 0.29) is 5.54 Å². The fourth-order valence-electron chi connectivity index (χ4n) is 2.75. The second-order valence-electron chi connectivity index (χ2n) is 5.16. The van der Waals surface area contributed by atoms with Crippen LogP contribution in [0.3, 0.4) is 0 Å². The lowest BCUT2D eigenvalue weighted by molar-refractivity contribution is 0.447. The lowest BCUT2D eigenvalue weighted by Crippen LogP contribution is -2.34. The fraction of sp³-hybridized carbons (Fsp3) is 0.312. The topological polar surface area (TPSA) is 38.9 Å². The van der Waals surface area contributed by atoms with Crippen LogP contribution in [0.25, 0.3) is 11.1 Å². The predicted molar refractivity (Wildman–Crippen MR) is 74.0 cm³/mol. The summed E-state index contributed by atoms with van der Waals surface area (Å²) in [6.45, 7) is 0. The Morgan fingerprint density at radius 2 is 1.61 bits per heavy atom. The second-order valence-corrected chi connectivity index (χ2v) is 5.16. The molecule has 1 aromatic heterocycles. The number of aromatic nitrogens is 1. The van der Waals surface area contributed by atoms with Gasteiger partial charge in [-0.25, -0.2) is 0 Å². The van der Waals surface area contributed by atoms with E-state index in [1.807, 2.05) is 24.4 Å². The minimum absolute atomic E-state index is 0.185. The van der Waals surface area contributed by atoms with Gasteiger partial charge in [0.25, 0.3) is 0 Å². The largest absolute Gasteiger partial charge is 0.320 e. The van der Waals surface area contributed by atoms with Crippen molar-refractivity contribution in [3.63, 3.8) is 0 Å². The van der Waals surface area contributed by atoms with E-state index in [1.54, 1.807) is 0 Å². The normalized spacial score (nSPS) is 17.8. The number of pyridine rings is 1. The molecule has 1 aliphatic carbocycles. The first-order valence-corrected chi connectivity index (χ1v) is 6.59. The Balaban J connectivity index is 1.90. The molecule has 1 heterocycles. The van der Waals surface area contributed by atoms with Crippen LogP contribution >= 0.6 is 0 Å². The summed E-state index contributed by atoms with van der Waals surface area (Å²) in [4.78, 5) is 4.58. The van der Waals surface area contributed by atoms with Crippen LogP contribution in [-0.4, -0.2) is 4.98 Å². The van der Waals surface area contributed by atoms with Crippen molar-refractivity contribution in [1.82, 2.24) is 4.98 Å². The summed E-state index contributed by atoms with van der Waals surface area (Å²) in [5, 5.41) is 0. The molecule has 1 aliphatic rings. The molecule has 0 radical (unpaired) electrons. The van der Waals surface area contributed by atoms with Crippen molar-refractivity contribution in [3.05, 3.63) is 54.4 Å². The number of hydrogen-bond donors (Lipinski definition) is 1. The highest BCUT2D eigenvalue weighted by Gasteiger charge is 2.32. The van der Waals surface area contributed by atoms with Crippen molar-refractivity contribution in [3.8, 4) is 11.1 Å². The van der Waals surface area contributed by atoms with Crippen molar-refractivity contribution < 1.29 is 0 Å². The molecule has 0 bridgehead atoms. The van der Waals surface area contributed by atoms with Crippen molar-refractivity contribution in [2.45, 2.75) is 31.2 Å². The Morgan fingerprint density at radius 1 is 0.889 bits per heavy atom. The molecule has 0 unspecified atom stereocenters. The van der Waals surface area contributed by atoms with Crippen LogP contribution in [0.1, 0.15) is 31.4 Å². The van der Waals surface area contributed by atoms with Gasteiger partial charge in [0, 0.05) is 11.8 Å². The third kappa shape index (κ3) is 2.04. The van der Waals surface area contributed by atoms with Crippen molar-refractivity contribution in [2.75, 3.05) is 0 Å². The van der Waals surface area contributed by atoms with Crippen molar-refractivity contribution >= 4 is 0 Å². The average Bonchev–Trinajstić information content (AvgIpc) is 2.88. The molecule has 2 nitrogen and oxygen atoms in total. The van der Waals surface area contributed by atoms with E-state index in [2.05, 4.69) is 29.2 Å². The van der Waals surface area contributed by atoms with E-state index in [4.69, 9.17) is 5.73 Å². The summed E-state index contributed by atoms with van der Waals surface area (Å²) in [5.41, 5.74) is 9.62. The van der Waals surface area contributed by atoms with Gasteiger partial charge in [0.05, 0.1) is 11.2 Å². The summed E-state index contributed by atoms with van der Waals surface area (Å²) in [6.07, 6.45) is 6.50. The highest BCUT2D eigenvalue weighted by atomic mass is 14.8. The third-order valence-electron chi connectivity index (χ3n) is 3.88.